The van der Waals surface area contributed by atoms with Gasteiger partial charge in [0.05, 0.1) is 6.54 Å². The van der Waals surface area contributed by atoms with Gasteiger partial charge < -0.3 is 20.9 Å². The molecule has 0 aliphatic heterocycles. The summed E-state index contributed by atoms with van der Waals surface area (Å²) in [5.74, 6) is -0.604. The molecule has 3 amide bonds. The second-order valence-electron chi connectivity index (χ2n) is 8.53. The number of amides is 3. The van der Waals surface area contributed by atoms with Gasteiger partial charge in [-0.25, -0.2) is 0 Å². The van der Waals surface area contributed by atoms with Crippen molar-refractivity contribution in [2.75, 3.05) is 29.5 Å². The van der Waals surface area contributed by atoms with Gasteiger partial charge in [-0.1, -0.05) is 60.7 Å². The third-order valence-corrected chi connectivity index (χ3v) is 5.61. The van der Waals surface area contributed by atoms with Crippen molar-refractivity contribution in [3.8, 4) is 0 Å². The van der Waals surface area contributed by atoms with Gasteiger partial charge in [-0.3, -0.25) is 14.4 Å². The lowest BCUT2D eigenvalue weighted by Crippen LogP contribution is -2.26. The normalized spacial score (nSPS) is 10.3. The van der Waals surface area contributed by atoms with Crippen LogP contribution in [0.2, 0.25) is 0 Å². The van der Waals surface area contributed by atoms with Gasteiger partial charge in [-0.05, 0) is 54.1 Å². The smallest absolute Gasteiger partial charge is 0.255 e. The van der Waals surface area contributed by atoms with E-state index in [1.54, 1.807) is 78.7 Å². The third kappa shape index (κ3) is 7.29. The van der Waals surface area contributed by atoms with E-state index in [4.69, 9.17) is 0 Å². The van der Waals surface area contributed by atoms with E-state index in [2.05, 4.69) is 16.0 Å². The Labute approximate surface area is 216 Å². The molecule has 4 rings (SSSR count). The number of hydrogen-bond donors (Lipinski definition) is 3. The van der Waals surface area contributed by atoms with E-state index in [9.17, 15) is 14.4 Å². The molecule has 4 aromatic rings. The van der Waals surface area contributed by atoms with Crippen LogP contribution in [0, 0.1) is 0 Å². The highest BCUT2D eigenvalue weighted by Gasteiger charge is 2.13. The van der Waals surface area contributed by atoms with E-state index in [-0.39, 0.29) is 24.3 Å². The molecule has 37 heavy (non-hydrogen) atoms. The van der Waals surface area contributed by atoms with E-state index >= 15 is 0 Å². The number of nitrogens with zero attached hydrogens (tertiary/aromatic N) is 1. The summed E-state index contributed by atoms with van der Waals surface area (Å²) in [5.41, 5.74) is 3.93. The van der Waals surface area contributed by atoms with Gasteiger partial charge in [-0.2, -0.15) is 0 Å². The summed E-state index contributed by atoms with van der Waals surface area (Å²) in [4.78, 5) is 39.4. The molecule has 7 heteroatoms. The van der Waals surface area contributed by atoms with Gasteiger partial charge in [-0.15, -0.1) is 0 Å². The van der Waals surface area contributed by atoms with Crippen LogP contribution in [0.5, 0.6) is 0 Å². The average Bonchev–Trinajstić information content (AvgIpc) is 2.93. The molecule has 0 saturated carbocycles. The molecule has 0 heterocycles. The molecule has 0 aliphatic carbocycles. The van der Waals surface area contributed by atoms with E-state index in [1.807, 2.05) is 42.5 Å². The van der Waals surface area contributed by atoms with Crippen molar-refractivity contribution < 1.29 is 14.4 Å². The van der Waals surface area contributed by atoms with E-state index in [0.29, 0.717) is 34.7 Å². The van der Waals surface area contributed by atoms with Crippen molar-refractivity contribution in [3.63, 3.8) is 0 Å². The quantitative estimate of drug-likeness (QED) is 0.297. The molecule has 4 aromatic carbocycles. The van der Waals surface area contributed by atoms with Gasteiger partial charge in [0.15, 0.2) is 0 Å². The fourth-order valence-electron chi connectivity index (χ4n) is 3.77. The van der Waals surface area contributed by atoms with Crippen LogP contribution in [-0.4, -0.2) is 36.2 Å². The first-order chi connectivity index (χ1) is 18.0. The monoisotopic (exact) mass is 492 g/mol. The lowest BCUT2D eigenvalue weighted by Gasteiger charge is -2.18. The van der Waals surface area contributed by atoms with Gasteiger partial charge >= 0.3 is 0 Å². The minimum Gasteiger partial charge on any atom is -0.376 e. The summed E-state index contributed by atoms with van der Waals surface area (Å²) in [7, 11) is 1.75. The molecule has 0 aromatic heterocycles. The predicted molar refractivity (Wildman–Crippen MR) is 147 cm³/mol. The maximum atomic E-state index is 12.9. The summed E-state index contributed by atoms with van der Waals surface area (Å²) in [6, 6.07) is 32.7. The molecular weight excluding hydrogens is 464 g/mol. The summed E-state index contributed by atoms with van der Waals surface area (Å²) in [6.45, 7) is 0.507. The van der Waals surface area contributed by atoms with Crippen LogP contribution in [0.4, 0.5) is 17.1 Å². The third-order valence-electron chi connectivity index (χ3n) is 5.61. The second-order valence-corrected chi connectivity index (χ2v) is 8.53. The van der Waals surface area contributed by atoms with E-state index < -0.39 is 0 Å². The van der Waals surface area contributed by atoms with Crippen LogP contribution in [0.25, 0.3) is 0 Å². The van der Waals surface area contributed by atoms with Crippen LogP contribution in [0.1, 0.15) is 26.3 Å². The van der Waals surface area contributed by atoms with Crippen molar-refractivity contribution >= 4 is 34.8 Å². The van der Waals surface area contributed by atoms with E-state index in [0.717, 1.165) is 5.56 Å². The highest BCUT2D eigenvalue weighted by molar-refractivity contribution is 6.04. The lowest BCUT2D eigenvalue weighted by atomic mass is 10.1. The number of rotatable bonds is 9. The van der Waals surface area contributed by atoms with Gasteiger partial charge in [0.1, 0.15) is 0 Å². The Hall–Kier alpha value is -4.91. The standard InChI is InChI=1S/C30H28N4O3/c1-34(21-22-10-4-2-5-11-22)30(37)24-14-8-16-26(18-24)32-28(35)20-31-25-15-9-17-27(19-25)33-29(36)23-12-6-3-7-13-23/h2-19,31H,20-21H2,1H3,(H,32,35)(H,33,36). The van der Waals surface area contributed by atoms with Crippen LogP contribution >= 0.6 is 0 Å². The number of anilines is 3. The Bertz CT molecular complexity index is 1370. The predicted octanol–water partition coefficient (Wildman–Crippen LogP) is 5.26. The zero-order chi connectivity index (χ0) is 26.0. The summed E-state index contributed by atoms with van der Waals surface area (Å²) < 4.78 is 0. The van der Waals surface area contributed by atoms with Crippen LogP contribution in [0.3, 0.4) is 0 Å². The Morgan fingerprint density at radius 2 is 1.24 bits per heavy atom. The van der Waals surface area contributed by atoms with Gasteiger partial charge in [0.25, 0.3) is 11.8 Å². The maximum Gasteiger partial charge on any atom is 0.255 e. The minimum atomic E-state index is -0.263. The molecule has 3 N–H and O–H groups in total. The van der Waals surface area contributed by atoms with Crippen molar-refractivity contribution in [1.82, 2.24) is 4.90 Å². The number of nitrogens with one attached hydrogen (secondary N) is 3. The number of hydrogen-bond acceptors (Lipinski definition) is 4. The van der Waals surface area contributed by atoms with Crippen molar-refractivity contribution in [1.29, 1.82) is 0 Å². The molecule has 0 unspecified atom stereocenters. The molecular formula is C30H28N4O3. The first kappa shape index (κ1) is 25.2. The lowest BCUT2D eigenvalue weighted by molar-refractivity contribution is -0.114. The largest absolute Gasteiger partial charge is 0.376 e. The SMILES string of the molecule is CN(Cc1ccccc1)C(=O)c1cccc(NC(=O)CNc2cccc(NC(=O)c3ccccc3)c2)c1. The van der Waals surface area contributed by atoms with Crippen molar-refractivity contribution in [3.05, 3.63) is 126 Å². The molecule has 0 aliphatic rings. The summed E-state index contributed by atoms with van der Waals surface area (Å²) >= 11 is 0. The number of benzene rings is 4. The average molecular weight is 493 g/mol. The zero-order valence-electron chi connectivity index (χ0n) is 20.5. The molecule has 0 saturated heterocycles. The Balaban J connectivity index is 1.30. The Morgan fingerprint density at radius 3 is 1.97 bits per heavy atom. The van der Waals surface area contributed by atoms with Crippen LogP contribution < -0.4 is 16.0 Å². The molecule has 0 radical (unpaired) electrons. The Kier molecular flexibility index (Phi) is 8.29. The van der Waals surface area contributed by atoms with Crippen LogP contribution in [0.15, 0.2) is 109 Å². The maximum absolute atomic E-state index is 12.9. The van der Waals surface area contributed by atoms with Gasteiger partial charge in [0.2, 0.25) is 5.91 Å². The summed E-state index contributed by atoms with van der Waals surface area (Å²) in [5, 5.41) is 8.74. The molecule has 0 fully saturated rings. The van der Waals surface area contributed by atoms with Crippen LogP contribution in [-0.2, 0) is 11.3 Å². The van der Waals surface area contributed by atoms with E-state index in [1.165, 1.54) is 0 Å². The molecule has 7 nitrogen and oxygen atoms in total. The topological polar surface area (TPSA) is 90.5 Å². The highest BCUT2D eigenvalue weighted by Crippen LogP contribution is 2.17. The van der Waals surface area contributed by atoms with Crippen molar-refractivity contribution in [2.24, 2.45) is 0 Å². The fraction of sp³-hybridized carbons (Fsp3) is 0.100. The molecule has 0 atom stereocenters. The second kappa shape index (κ2) is 12.2. The fourth-order valence-corrected chi connectivity index (χ4v) is 3.77. The summed E-state index contributed by atoms with van der Waals surface area (Å²) in [6.07, 6.45) is 0. The Morgan fingerprint density at radius 1 is 0.649 bits per heavy atom. The molecule has 186 valence electrons. The van der Waals surface area contributed by atoms with Gasteiger partial charge in [0, 0.05) is 41.8 Å². The number of carbonyl (C=O) groups excluding carboxylic acids is 3. The number of carbonyl (C=O) groups is 3. The highest BCUT2D eigenvalue weighted by atomic mass is 16.2. The van der Waals surface area contributed by atoms with Crippen molar-refractivity contribution in [2.45, 2.75) is 6.54 Å². The zero-order valence-corrected chi connectivity index (χ0v) is 20.5. The minimum absolute atomic E-state index is 0.0160. The first-order valence-electron chi connectivity index (χ1n) is 11.9. The first-order valence-corrected chi connectivity index (χ1v) is 11.9. The molecule has 0 spiro atoms. The molecule has 0 bridgehead atoms.